The molecule has 1 N–H and O–H groups in total. The van der Waals surface area contributed by atoms with Crippen molar-refractivity contribution in [1.82, 2.24) is 5.32 Å². The largest absolute Gasteiger partial charge is 0.479 e. The van der Waals surface area contributed by atoms with E-state index in [1.165, 1.54) is 0 Å². The summed E-state index contributed by atoms with van der Waals surface area (Å²) in [6, 6.07) is 17.0. The highest BCUT2D eigenvalue weighted by Crippen LogP contribution is 2.24. The third-order valence-electron chi connectivity index (χ3n) is 3.44. The smallest absolute Gasteiger partial charge is 0.261 e. The van der Waals surface area contributed by atoms with Gasteiger partial charge in [-0.1, -0.05) is 61.0 Å². The number of carbonyl (C=O) groups excluding carboxylic acids is 1. The number of benzene rings is 2. The van der Waals surface area contributed by atoms with E-state index in [0.717, 1.165) is 12.0 Å². The molecule has 0 bridgehead atoms. The first-order chi connectivity index (χ1) is 10.6. The van der Waals surface area contributed by atoms with E-state index in [1.807, 2.05) is 49.4 Å². The van der Waals surface area contributed by atoms with E-state index in [9.17, 15) is 4.79 Å². The first kappa shape index (κ1) is 16.4. The van der Waals surface area contributed by atoms with Crippen LogP contribution in [0.15, 0.2) is 54.6 Å². The molecule has 0 aromatic heterocycles. The van der Waals surface area contributed by atoms with Crippen molar-refractivity contribution in [2.75, 3.05) is 0 Å². The number of halogens is 1. The van der Waals surface area contributed by atoms with Gasteiger partial charge in [0.25, 0.3) is 5.91 Å². The maximum absolute atomic E-state index is 12.3. The molecule has 116 valence electrons. The molecule has 3 nitrogen and oxygen atoms in total. The number of amides is 1. The van der Waals surface area contributed by atoms with Gasteiger partial charge in [-0.2, -0.15) is 0 Å². The molecule has 22 heavy (non-hydrogen) atoms. The Morgan fingerprint density at radius 3 is 2.41 bits per heavy atom. The summed E-state index contributed by atoms with van der Waals surface area (Å²) >= 11 is 6.05. The minimum atomic E-state index is -0.613. The van der Waals surface area contributed by atoms with Crippen LogP contribution in [0, 0.1) is 0 Å². The fourth-order valence-electron chi connectivity index (χ4n) is 2.18. The Morgan fingerprint density at radius 2 is 1.77 bits per heavy atom. The Balaban J connectivity index is 2.00. The minimum Gasteiger partial charge on any atom is -0.479 e. The average molecular weight is 318 g/mol. The molecule has 0 radical (unpaired) electrons. The van der Waals surface area contributed by atoms with E-state index in [-0.39, 0.29) is 11.9 Å². The molecule has 0 aliphatic heterocycles. The van der Waals surface area contributed by atoms with E-state index in [0.29, 0.717) is 10.8 Å². The molecule has 2 aromatic carbocycles. The quantitative estimate of drug-likeness (QED) is 0.859. The Labute approximate surface area is 136 Å². The fourth-order valence-corrected chi connectivity index (χ4v) is 2.36. The molecule has 0 saturated heterocycles. The van der Waals surface area contributed by atoms with Gasteiger partial charge in [0.05, 0.1) is 11.1 Å². The van der Waals surface area contributed by atoms with Gasteiger partial charge in [0.1, 0.15) is 5.75 Å². The zero-order chi connectivity index (χ0) is 15.9. The van der Waals surface area contributed by atoms with Crippen LogP contribution in [0.4, 0.5) is 0 Å². The lowest BCUT2D eigenvalue weighted by atomic mass is 10.0. The van der Waals surface area contributed by atoms with Crippen LogP contribution in [0.2, 0.25) is 5.02 Å². The first-order valence-electron chi connectivity index (χ1n) is 7.38. The average Bonchev–Trinajstić information content (AvgIpc) is 2.55. The topological polar surface area (TPSA) is 38.3 Å². The maximum atomic E-state index is 12.3. The molecule has 2 rings (SSSR count). The summed E-state index contributed by atoms with van der Waals surface area (Å²) in [5.41, 5.74) is 1.09. The van der Waals surface area contributed by atoms with Crippen molar-refractivity contribution in [3.05, 3.63) is 65.2 Å². The molecule has 4 heteroatoms. The van der Waals surface area contributed by atoms with E-state index >= 15 is 0 Å². The number of rotatable bonds is 6. The van der Waals surface area contributed by atoms with Gasteiger partial charge in [0, 0.05) is 0 Å². The number of hydrogen-bond acceptors (Lipinski definition) is 2. The second kappa shape index (κ2) is 7.85. The SMILES string of the molecule is CC[C@@H](NC(=O)[C@H](C)Oc1ccccc1Cl)c1ccccc1. The van der Waals surface area contributed by atoms with Crippen molar-refractivity contribution < 1.29 is 9.53 Å². The van der Waals surface area contributed by atoms with Crippen molar-refractivity contribution in [2.24, 2.45) is 0 Å². The highest BCUT2D eigenvalue weighted by atomic mass is 35.5. The van der Waals surface area contributed by atoms with Gasteiger partial charge in [0.15, 0.2) is 6.10 Å². The lowest BCUT2D eigenvalue weighted by molar-refractivity contribution is -0.128. The molecule has 2 aromatic rings. The predicted octanol–water partition coefficient (Wildman–Crippen LogP) is 4.37. The van der Waals surface area contributed by atoms with Crippen LogP contribution in [0.25, 0.3) is 0 Å². The van der Waals surface area contributed by atoms with E-state index in [2.05, 4.69) is 5.32 Å². The maximum Gasteiger partial charge on any atom is 0.261 e. The molecule has 0 aliphatic carbocycles. The van der Waals surface area contributed by atoms with Gasteiger partial charge in [-0.25, -0.2) is 0 Å². The number of para-hydroxylation sites is 1. The van der Waals surface area contributed by atoms with Crippen LogP contribution in [-0.2, 0) is 4.79 Å². The Kier molecular flexibility index (Phi) is 5.84. The van der Waals surface area contributed by atoms with Gasteiger partial charge < -0.3 is 10.1 Å². The van der Waals surface area contributed by atoms with E-state index in [4.69, 9.17) is 16.3 Å². The summed E-state index contributed by atoms with van der Waals surface area (Å²) in [4.78, 5) is 12.3. The summed E-state index contributed by atoms with van der Waals surface area (Å²) in [6.45, 7) is 3.76. The molecule has 0 unspecified atom stereocenters. The molecule has 1 amide bonds. The Morgan fingerprint density at radius 1 is 1.14 bits per heavy atom. The molecule has 0 fully saturated rings. The molecule has 0 spiro atoms. The van der Waals surface area contributed by atoms with Gasteiger partial charge >= 0.3 is 0 Å². The molecule has 2 atom stereocenters. The number of ether oxygens (including phenoxy) is 1. The van der Waals surface area contributed by atoms with Crippen LogP contribution >= 0.6 is 11.6 Å². The summed E-state index contributed by atoms with van der Waals surface area (Å²) in [5.74, 6) is 0.357. The van der Waals surface area contributed by atoms with Crippen molar-refractivity contribution in [2.45, 2.75) is 32.4 Å². The third-order valence-corrected chi connectivity index (χ3v) is 3.75. The first-order valence-corrected chi connectivity index (χ1v) is 7.76. The highest BCUT2D eigenvalue weighted by Gasteiger charge is 2.19. The van der Waals surface area contributed by atoms with Crippen molar-refractivity contribution in [3.63, 3.8) is 0 Å². The van der Waals surface area contributed by atoms with Crippen molar-refractivity contribution in [3.8, 4) is 5.75 Å². The van der Waals surface area contributed by atoms with Crippen LogP contribution in [0.3, 0.4) is 0 Å². The summed E-state index contributed by atoms with van der Waals surface area (Å²) in [5, 5.41) is 3.51. The molecular formula is C18H20ClNO2. The lowest BCUT2D eigenvalue weighted by Gasteiger charge is -2.21. The number of carbonyl (C=O) groups is 1. The predicted molar refractivity (Wildman–Crippen MR) is 89.2 cm³/mol. The second-order valence-electron chi connectivity index (χ2n) is 5.07. The lowest BCUT2D eigenvalue weighted by Crippen LogP contribution is -2.38. The zero-order valence-electron chi connectivity index (χ0n) is 12.8. The summed E-state index contributed by atoms with van der Waals surface area (Å²) < 4.78 is 5.64. The second-order valence-corrected chi connectivity index (χ2v) is 5.48. The molecule has 0 aliphatic rings. The molecular weight excluding hydrogens is 298 g/mol. The molecule has 0 saturated carbocycles. The normalized spacial score (nSPS) is 13.2. The van der Waals surface area contributed by atoms with Crippen molar-refractivity contribution >= 4 is 17.5 Å². The minimum absolute atomic E-state index is 0.0222. The van der Waals surface area contributed by atoms with Crippen LogP contribution < -0.4 is 10.1 Å². The Bertz CT molecular complexity index is 615. The molecule has 0 heterocycles. The Hall–Kier alpha value is -2.00. The fraction of sp³-hybridized carbons (Fsp3) is 0.278. The number of hydrogen-bond donors (Lipinski definition) is 1. The van der Waals surface area contributed by atoms with Gasteiger partial charge in [-0.15, -0.1) is 0 Å². The van der Waals surface area contributed by atoms with Gasteiger partial charge in [-0.05, 0) is 31.0 Å². The van der Waals surface area contributed by atoms with E-state index < -0.39 is 6.10 Å². The summed E-state index contributed by atoms with van der Waals surface area (Å²) in [7, 11) is 0. The van der Waals surface area contributed by atoms with Gasteiger partial charge in [0.2, 0.25) is 0 Å². The van der Waals surface area contributed by atoms with Crippen LogP contribution in [0.1, 0.15) is 31.9 Å². The standard InChI is InChI=1S/C18H20ClNO2/c1-3-16(14-9-5-4-6-10-14)20-18(21)13(2)22-17-12-8-7-11-15(17)19/h4-13,16H,3H2,1-2H3,(H,20,21)/t13-,16+/m0/s1. The number of nitrogens with one attached hydrogen (secondary N) is 1. The summed E-state index contributed by atoms with van der Waals surface area (Å²) in [6.07, 6.45) is 0.201. The monoisotopic (exact) mass is 317 g/mol. The third kappa shape index (κ3) is 4.25. The van der Waals surface area contributed by atoms with Crippen LogP contribution in [0.5, 0.6) is 5.75 Å². The highest BCUT2D eigenvalue weighted by molar-refractivity contribution is 6.32. The zero-order valence-corrected chi connectivity index (χ0v) is 13.5. The van der Waals surface area contributed by atoms with Gasteiger partial charge in [-0.3, -0.25) is 4.79 Å². The van der Waals surface area contributed by atoms with Crippen LogP contribution in [-0.4, -0.2) is 12.0 Å². The van der Waals surface area contributed by atoms with Crippen molar-refractivity contribution in [1.29, 1.82) is 0 Å². The van der Waals surface area contributed by atoms with E-state index in [1.54, 1.807) is 19.1 Å².